The van der Waals surface area contributed by atoms with E-state index < -0.39 is 10.7 Å². The first-order valence-corrected chi connectivity index (χ1v) is 10.0. The average Bonchev–Trinajstić information content (AvgIpc) is 2.65. The molecule has 2 amide bonds. The number of piperidine rings is 1. The van der Waals surface area contributed by atoms with Crippen molar-refractivity contribution in [1.82, 2.24) is 5.32 Å². The number of nitrogens with one attached hydrogen (secondary N) is 2. The number of rotatable bonds is 8. The van der Waals surface area contributed by atoms with Crippen molar-refractivity contribution in [2.24, 2.45) is 5.92 Å². The van der Waals surface area contributed by atoms with Gasteiger partial charge in [0.2, 0.25) is 0 Å². The minimum Gasteiger partial charge on any atom is -0.385 e. The highest BCUT2D eigenvalue weighted by Crippen LogP contribution is 2.29. The van der Waals surface area contributed by atoms with E-state index in [9.17, 15) is 9.59 Å². The minimum atomic E-state index is -1.17. The van der Waals surface area contributed by atoms with Gasteiger partial charge in [-0.05, 0) is 43.4 Å². The lowest BCUT2D eigenvalue weighted by atomic mass is 9.97. The Balaban J connectivity index is 2.20. The van der Waals surface area contributed by atoms with E-state index in [0.717, 1.165) is 38.0 Å². The molecule has 0 unspecified atom stereocenters. The Bertz CT molecular complexity index is 647. The van der Waals surface area contributed by atoms with Crippen LogP contribution in [0.25, 0.3) is 0 Å². The van der Waals surface area contributed by atoms with Gasteiger partial charge in [-0.25, -0.2) is 0 Å². The summed E-state index contributed by atoms with van der Waals surface area (Å²) in [7, 11) is 1.63. The molecule has 0 bridgehead atoms. The molecular formula is C19H27Cl2N3O3. The van der Waals surface area contributed by atoms with Crippen LogP contribution in [0.3, 0.4) is 0 Å². The van der Waals surface area contributed by atoms with Crippen molar-refractivity contribution in [2.75, 3.05) is 43.6 Å². The molecule has 6 nitrogen and oxygen atoms in total. The predicted molar refractivity (Wildman–Crippen MR) is 110 cm³/mol. The number of carbonyl (C=O) groups is 2. The van der Waals surface area contributed by atoms with Crippen LogP contribution in [0.4, 0.5) is 11.4 Å². The Morgan fingerprint density at radius 2 is 2.00 bits per heavy atom. The van der Waals surface area contributed by atoms with Crippen molar-refractivity contribution in [1.29, 1.82) is 0 Å². The van der Waals surface area contributed by atoms with E-state index in [-0.39, 0.29) is 5.91 Å². The van der Waals surface area contributed by atoms with E-state index in [0.29, 0.717) is 30.3 Å². The smallest absolute Gasteiger partial charge is 0.257 e. The van der Waals surface area contributed by atoms with Gasteiger partial charge in [0.25, 0.3) is 11.8 Å². The zero-order chi connectivity index (χ0) is 19.8. The van der Waals surface area contributed by atoms with Crippen molar-refractivity contribution in [3.05, 3.63) is 23.8 Å². The summed E-state index contributed by atoms with van der Waals surface area (Å²) < 4.78 is 5.01. The third kappa shape index (κ3) is 6.55. The van der Waals surface area contributed by atoms with Gasteiger partial charge in [0, 0.05) is 44.7 Å². The van der Waals surface area contributed by atoms with E-state index in [1.54, 1.807) is 19.2 Å². The number of carbonyl (C=O) groups excluding carboxylic acids is 2. The monoisotopic (exact) mass is 415 g/mol. The highest BCUT2D eigenvalue weighted by atomic mass is 35.5. The normalized spacial score (nSPS) is 15.1. The molecule has 1 aliphatic rings. The van der Waals surface area contributed by atoms with Crippen molar-refractivity contribution in [3.63, 3.8) is 0 Å². The molecule has 1 fully saturated rings. The number of benzene rings is 1. The van der Waals surface area contributed by atoms with Crippen molar-refractivity contribution < 1.29 is 14.3 Å². The van der Waals surface area contributed by atoms with E-state index in [1.165, 1.54) is 0 Å². The molecule has 150 valence electrons. The van der Waals surface area contributed by atoms with Crippen LogP contribution in [0.1, 0.15) is 36.5 Å². The van der Waals surface area contributed by atoms with Gasteiger partial charge < -0.3 is 20.3 Å². The summed E-state index contributed by atoms with van der Waals surface area (Å²) in [6.07, 6.45) is 2.91. The fourth-order valence-electron chi connectivity index (χ4n) is 3.03. The molecule has 1 aromatic carbocycles. The molecule has 1 aliphatic heterocycles. The van der Waals surface area contributed by atoms with Crippen LogP contribution < -0.4 is 15.5 Å². The number of hydrogen-bond acceptors (Lipinski definition) is 4. The topological polar surface area (TPSA) is 70.7 Å². The second-order valence-corrected chi connectivity index (χ2v) is 7.89. The fourth-order valence-corrected chi connectivity index (χ4v) is 3.14. The van der Waals surface area contributed by atoms with E-state index in [2.05, 4.69) is 22.5 Å². The van der Waals surface area contributed by atoms with Gasteiger partial charge >= 0.3 is 0 Å². The maximum absolute atomic E-state index is 12.8. The molecule has 0 atom stereocenters. The van der Waals surface area contributed by atoms with Gasteiger partial charge in [-0.15, -0.1) is 0 Å². The summed E-state index contributed by atoms with van der Waals surface area (Å²) in [5, 5.41) is 5.54. The maximum Gasteiger partial charge on any atom is 0.257 e. The van der Waals surface area contributed by atoms with Crippen molar-refractivity contribution in [3.8, 4) is 0 Å². The minimum absolute atomic E-state index is 0.177. The van der Waals surface area contributed by atoms with Gasteiger partial charge in [0.1, 0.15) is 0 Å². The molecule has 1 aromatic rings. The van der Waals surface area contributed by atoms with Gasteiger partial charge in [0.15, 0.2) is 4.84 Å². The molecule has 1 saturated heterocycles. The number of methoxy groups -OCH3 is 1. The summed E-state index contributed by atoms with van der Waals surface area (Å²) in [6.45, 7) is 5.16. The van der Waals surface area contributed by atoms with Gasteiger partial charge in [-0.1, -0.05) is 30.1 Å². The SMILES string of the molecule is COCCCNC(=O)c1cc(NC(=O)C(Cl)Cl)ccc1N1CCC(C)CC1. The largest absolute Gasteiger partial charge is 0.385 e. The van der Waals surface area contributed by atoms with Gasteiger partial charge in [-0.3, -0.25) is 9.59 Å². The molecular weight excluding hydrogens is 389 g/mol. The van der Waals surface area contributed by atoms with Crippen LogP contribution in [-0.4, -0.2) is 50.0 Å². The van der Waals surface area contributed by atoms with E-state index >= 15 is 0 Å². The second-order valence-electron chi connectivity index (χ2n) is 6.79. The number of alkyl halides is 2. The molecule has 0 aliphatic carbocycles. The molecule has 27 heavy (non-hydrogen) atoms. The zero-order valence-corrected chi connectivity index (χ0v) is 17.3. The molecule has 1 heterocycles. The third-order valence-electron chi connectivity index (χ3n) is 4.64. The number of nitrogens with zero attached hydrogens (tertiary/aromatic N) is 1. The quantitative estimate of drug-likeness (QED) is 0.503. The summed E-state index contributed by atoms with van der Waals surface area (Å²) in [6, 6.07) is 5.31. The van der Waals surface area contributed by atoms with Crippen LogP contribution in [0.15, 0.2) is 18.2 Å². The van der Waals surface area contributed by atoms with Crippen molar-refractivity contribution in [2.45, 2.75) is 31.0 Å². The van der Waals surface area contributed by atoms with E-state index in [4.69, 9.17) is 27.9 Å². The van der Waals surface area contributed by atoms with Gasteiger partial charge in [0.05, 0.1) is 5.56 Å². The maximum atomic E-state index is 12.8. The lowest BCUT2D eigenvalue weighted by Crippen LogP contribution is -2.35. The number of anilines is 2. The molecule has 8 heteroatoms. The Hall–Kier alpha value is -1.50. The molecule has 0 radical (unpaired) electrons. The van der Waals surface area contributed by atoms with Crippen LogP contribution in [0.5, 0.6) is 0 Å². The first-order valence-electron chi connectivity index (χ1n) is 9.17. The number of ether oxygens (including phenoxy) is 1. The summed E-state index contributed by atoms with van der Waals surface area (Å²) in [5.41, 5.74) is 1.89. The number of halogens is 2. The Morgan fingerprint density at radius 3 is 2.63 bits per heavy atom. The first-order chi connectivity index (χ1) is 12.9. The van der Waals surface area contributed by atoms with Gasteiger partial charge in [-0.2, -0.15) is 0 Å². The third-order valence-corrected chi connectivity index (χ3v) is 5.04. The van der Waals surface area contributed by atoms with Crippen LogP contribution in [0, 0.1) is 5.92 Å². The Kier molecular flexibility index (Phi) is 8.67. The Morgan fingerprint density at radius 1 is 1.30 bits per heavy atom. The number of amides is 2. The Labute approximate surface area is 170 Å². The lowest BCUT2D eigenvalue weighted by molar-refractivity contribution is -0.114. The average molecular weight is 416 g/mol. The first kappa shape index (κ1) is 21.8. The molecule has 0 saturated carbocycles. The van der Waals surface area contributed by atoms with Crippen LogP contribution in [-0.2, 0) is 9.53 Å². The summed E-state index contributed by atoms with van der Waals surface area (Å²) >= 11 is 11.2. The molecule has 0 spiro atoms. The van der Waals surface area contributed by atoms with Crippen LogP contribution >= 0.6 is 23.2 Å². The van der Waals surface area contributed by atoms with Crippen LogP contribution in [0.2, 0.25) is 0 Å². The fraction of sp³-hybridized carbons (Fsp3) is 0.579. The zero-order valence-electron chi connectivity index (χ0n) is 15.8. The summed E-state index contributed by atoms with van der Waals surface area (Å²) in [5.74, 6) is -0.0102. The highest BCUT2D eigenvalue weighted by molar-refractivity contribution is 6.54. The highest BCUT2D eigenvalue weighted by Gasteiger charge is 2.22. The lowest BCUT2D eigenvalue weighted by Gasteiger charge is -2.33. The molecule has 2 N–H and O–H groups in total. The predicted octanol–water partition coefficient (Wildman–Crippen LogP) is 3.43. The summed E-state index contributed by atoms with van der Waals surface area (Å²) in [4.78, 5) is 25.6. The van der Waals surface area contributed by atoms with E-state index in [1.807, 2.05) is 6.07 Å². The molecule has 0 aromatic heterocycles. The standard InChI is InChI=1S/C19H27Cl2N3O3/c1-13-6-9-24(10-7-13)16-5-4-14(23-19(26)17(20)21)12-15(16)18(25)22-8-3-11-27-2/h4-5,12-13,17H,3,6-11H2,1-2H3,(H,22,25)(H,23,26). The number of hydrogen-bond donors (Lipinski definition) is 2. The van der Waals surface area contributed by atoms with Crippen molar-refractivity contribution >= 4 is 46.4 Å². The molecule has 2 rings (SSSR count). The second kappa shape index (κ2) is 10.7.